The lowest BCUT2D eigenvalue weighted by Gasteiger charge is -2.12. The Kier molecular flexibility index (Phi) is 4.37. The number of rotatable bonds is 5. The van der Waals surface area contributed by atoms with Crippen molar-refractivity contribution in [3.05, 3.63) is 53.6 Å². The maximum absolute atomic E-state index is 11.2. The summed E-state index contributed by atoms with van der Waals surface area (Å²) in [6, 6.07) is 13.1. The first-order valence-electron chi connectivity index (χ1n) is 6.51. The Hall–Kier alpha value is -2.21. The summed E-state index contributed by atoms with van der Waals surface area (Å²) in [7, 11) is -3.26. The van der Waals surface area contributed by atoms with Crippen LogP contribution in [0.1, 0.15) is 11.1 Å². The minimum absolute atomic E-state index is 0.585. The number of hydrogen-bond donors (Lipinski definition) is 3. The Morgan fingerprint density at radius 3 is 2.48 bits per heavy atom. The summed E-state index contributed by atoms with van der Waals surface area (Å²) in [5.41, 5.74) is 10.0. The van der Waals surface area contributed by atoms with Gasteiger partial charge in [0.1, 0.15) is 0 Å². The molecule has 0 radical (unpaired) electrons. The number of nitrogen functional groups attached to an aromatic ring is 1. The number of anilines is 3. The van der Waals surface area contributed by atoms with E-state index in [4.69, 9.17) is 5.73 Å². The first-order valence-corrected chi connectivity index (χ1v) is 8.40. The molecular formula is C15H19N3O2S. The molecule has 0 bridgehead atoms. The Bertz CT molecular complexity index is 742. The van der Waals surface area contributed by atoms with Crippen LogP contribution in [0.2, 0.25) is 0 Å². The Labute approximate surface area is 125 Å². The summed E-state index contributed by atoms with van der Waals surface area (Å²) in [6.45, 7) is 2.47. The van der Waals surface area contributed by atoms with Crippen molar-refractivity contribution < 1.29 is 8.42 Å². The molecule has 2 aromatic carbocycles. The van der Waals surface area contributed by atoms with Crippen molar-refractivity contribution in [3.63, 3.8) is 0 Å². The van der Waals surface area contributed by atoms with Crippen LogP contribution in [0.25, 0.3) is 0 Å². The van der Waals surface area contributed by atoms with E-state index in [-0.39, 0.29) is 0 Å². The number of nitrogens with two attached hydrogens (primary N) is 1. The molecule has 0 amide bonds. The lowest BCUT2D eigenvalue weighted by atomic mass is 10.1. The molecule has 4 N–H and O–H groups in total. The maximum atomic E-state index is 11.2. The number of para-hydroxylation sites is 1. The average Bonchev–Trinajstić information content (AvgIpc) is 2.39. The lowest BCUT2D eigenvalue weighted by Crippen LogP contribution is -2.10. The predicted molar refractivity (Wildman–Crippen MR) is 87.8 cm³/mol. The third-order valence-electron chi connectivity index (χ3n) is 3.06. The molecule has 0 atom stereocenters. The second-order valence-electron chi connectivity index (χ2n) is 4.96. The van der Waals surface area contributed by atoms with Crippen LogP contribution in [0.5, 0.6) is 0 Å². The van der Waals surface area contributed by atoms with E-state index in [2.05, 4.69) is 10.0 Å². The minimum atomic E-state index is -3.26. The largest absolute Gasteiger partial charge is 0.398 e. The molecule has 0 saturated carbocycles. The van der Waals surface area contributed by atoms with Gasteiger partial charge in [0.05, 0.1) is 11.9 Å². The van der Waals surface area contributed by atoms with Gasteiger partial charge in [-0.25, -0.2) is 8.42 Å². The van der Waals surface area contributed by atoms with E-state index in [1.807, 2.05) is 43.3 Å². The average molecular weight is 305 g/mol. The fourth-order valence-electron chi connectivity index (χ4n) is 1.98. The molecule has 0 aliphatic rings. The normalized spacial score (nSPS) is 11.1. The Morgan fingerprint density at radius 1 is 1.14 bits per heavy atom. The smallest absolute Gasteiger partial charge is 0.229 e. The summed E-state index contributed by atoms with van der Waals surface area (Å²) in [4.78, 5) is 0. The van der Waals surface area contributed by atoms with Crippen molar-refractivity contribution in [2.45, 2.75) is 13.5 Å². The van der Waals surface area contributed by atoms with E-state index in [1.165, 1.54) is 0 Å². The van der Waals surface area contributed by atoms with Crippen LogP contribution in [0.4, 0.5) is 17.1 Å². The van der Waals surface area contributed by atoms with Crippen molar-refractivity contribution >= 4 is 27.1 Å². The topological polar surface area (TPSA) is 84.2 Å². The van der Waals surface area contributed by atoms with Gasteiger partial charge in [-0.1, -0.05) is 18.2 Å². The standard InChI is InChI=1S/C15H19N3O2S/c1-11-9-13(7-8-15(11)18-21(2,19)20)17-10-12-5-3-4-6-14(12)16/h3-9,17-18H,10,16H2,1-2H3. The molecule has 0 fully saturated rings. The summed E-state index contributed by atoms with van der Waals surface area (Å²) < 4.78 is 25.0. The fourth-order valence-corrected chi connectivity index (χ4v) is 2.61. The molecule has 6 heteroatoms. The molecule has 0 heterocycles. The number of nitrogens with one attached hydrogen (secondary N) is 2. The van der Waals surface area contributed by atoms with Crippen LogP contribution < -0.4 is 15.8 Å². The van der Waals surface area contributed by atoms with Crippen molar-refractivity contribution in [2.75, 3.05) is 22.0 Å². The highest BCUT2D eigenvalue weighted by Gasteiger charge is 2.06. The molecule has 2 aromatic rings. The van der Waals surface area contributed by atoms with Gasteiger partial charge in [-0.3, -0.25) is 4.72 Å². The zero-order valence-electron chi connectivity index (χ0n) is 12.1. The van der Waals surface area contributed by atoms with Gasteiger partial charge in [0, 0.05) is 17.9 Å². The van der Waals surface area contributed by atoms with E-state index in [0.717, 1.165) is 28.8 Å². The summed E-state index contributed by atoms with van der Waals surface area (Å²) in [5.74, 6) is 0. The molecule has 112 valence electrons. The van der Waals surface area contributed by atoms with Gasteiger partial charge in [-0.15, -0.1) is 0 Å². The van der Waals surface area contributed by atoms with E-state index >= 15 is 0 Å². The van der Waals surface area contributed by atoms with Gasteiger partial charge in [-0.2, -0.15) is 0 Å². The van der Waals surface area contributed by atoms with Crippen LogP contribution in [-0.2, 0) is 16.6 Å². The van der Waals surface area contributed by atoms with Crippen LogP contribution in [0.3, 0.4) is 0 Å². The first-order chi connectivity index (χ1) is 9.85. The Balaban J connectivity index is 2.09. The minimum Gasteiger partial charge on any atom is -0.398 e. The van der Waals surface area contributed by atoms with Crippen LogP contribution >= 0.6 is 0 Å². The van der Waals surface area contributed by atoms with Crippen LogP contribution in [0, 0.1) is 6.92 Å². The highest BCUT2D eigenvalue weighted by atomic mass is 32.2. The van der Waals surface area contributed by atoms with E-state index in [9.17, 15) is 8.42 Å². The number of aryl methyl sites for hydroxylation is 1. The molecule has 5 nitrogen and oxygen atoms in total. The summed E-state index contributed by atoms with van der Waals surface area (Å²) in [5, 5.41) is 3.28. The zero-order valence-corrected chi connectivity index (χ0v) is 12.9. The molecule has 0 aromatic heterocycles. The zero-order chi connectivity index (χ0) is 15.5. The molecule has 0 aliphatic heterocycles. The molecule has 21 heavy (non-hydrogen) atoms. The third kappa shape index (κ3) is 4.39. The fraction of sp³-hybridized carbons (Fsp3) is 0.200. The van der Waals surface area contributed by atoms with Gasteiger partial charge >= 0.3 is 0 Å². The van der Waals surface area contributed by atoms with E-state index < -0.39 is 10.0 Å². The van der Waals surface area contributed by atoms with E-state index in [1.54, 1.807) is 6.07 Å². The van der Waals surface area contributed by atoms with Crippen LogP contribution in [0.15, 0.2) is 42.5 Å². The monoisotopic (exact) mass is 305 g/mol. The van der Waals surface area contributed by atoms with Crippen molar-refractivity contribution in [3.8, 4) is 0 Å². The van der Waals surface area contributed by atoms with Crippen molar-refractivity contribution in [1.82, 2.24) is 0 Å². The summed E-state index contributed by atoms with van der Waals surface area (Å²) >= 11 is 0. The van der Waals surface area contributed by atoms with Gasteiger partial charge in [0.25, 0.3) is 0 Å². The highest BCUT2D eigenvalue weighted by molar-refractivity contribution is 7.92. The van der Waals surface area contributed by atoms with Crippen molar-refractivity contribution in [2.24, 2.45) is 0 Å². The Morgan fingerprint density at radius 2 is 1.86 bits per heavy atom. The SMILES string of the molecule is Cc1cc(NCc2ccccc2N)ccc1NS(C)(=O)=O. The molecule has 2 rings (SSSR count). The second kappa shape index (κ2) is 6.05. The van der Waals surface area contributed by atoms with Crippen LogP contribution in [-0.4, -0.2) is 14.7 Å². The second-order valence-corrected chi connectivity index (χ2v) is 6.70. The molecule has 0 spiro atoms. The van der Waals surface area contributed by atoms with Gasteiger partial charge in [0.15, 0.2) is 0 Å². The van der Waals surface area contributed by atoms with Gasteiger partial charge < -0.3 is 11.1 Å². The molecule has 0 unspecified atom stereocenters. The number of hydrogen-bond acceptors (Lipinski definition) is 4. The molecule has 0 aliphatic carbocycles. The lowest BCUT2D eigenvalue weighted by molar-refractivity contribution is 0.607. The van der Waals surface area contributed by atoms with E-state index in [0.29, 0.717) is 12.2 Å². The quantitative estimate of drug-likeness (QED) is 0.741. The molecular weight excluding hydrogens is 286 g/mol. The number of sulfonamides is 1. The summed E-state index contributed by atoms with van der Waals surface area (Å²) in [6.07, 6.45) is 1.14. The first kappa shape index (κ1) is 15.2. The third-order valence-corrected chi connectivity index (χ3v) is 3.65. The van der Waals surface area contributed by atoms with Gasteiger partial charge in [-0.05, 0) is 42.3 Å². The number of benzene rings is 2. The highest BCUT2D eigenvalue weighted by Crippen LogP contribution is 2.21. The maximum Gasteiger partial charge on any atom is 0.229 e. The van der Waals surface area contributed by atoms with Gasteiger partial charge in [0.2, 0.25) is 10.0 Å². The molecule has 0 saturated heterocycles. The predicted octanol–water partition coefficient (Wildman–Crippen LogP) is 2.56. The van der Waals surface area contributed by atoms with Crippen molar-refractivity contribution in [1.29, 1.82) is 0 Å².